The Kier molecular flexibility index (Phi) is 6.09. The van der Waals surface area contributed by atoms with Crippen molar-refractivity contribution < 1.29 is 19.0 Å². The maximum atomic E-state index is 14.4. The fourth-order valence-corrected chi connectivity index (χ4v) is 7.26. The van der Waals surface area contributed by atoms with Crippen LogP contribution in [0.3, 0.4) is 0 Å². The minimum Gasteiger partial charge on any atom is -0.378 e. The van der Waals surface area contributed by atoms with Crippen molar-refractivity contribution in [1.29, 1.82) is 0 Å². The SMILES string of the molecule is CN(C)c1ccc([C@H]2C[C@@]3(C)C(CC[C@@]3(O)C#Cc3ccccc3F)C3OCC4=CC(=O)CCC4=C32)cc1. The van der Waals surface area contributed by atoms with E-state index in [1.165, 1.54) is 22.8 Å². The van der Waals surface area contributed by atoms with Crippen LogP contribution < -0.4 is 4.90 Å². The van der Waals surface area contributed by atoms with Crippen molar-refractivity contribution in [3.05, 3.63) is 88.3 Å². The molecule has 2 fully saturated rings. The average Bonchev–Trinajstić information content (AvgIpc) is 3.17. The monoisotopic (exact) mass is 511 g/mol. The fourth-order valence-electron chi connectivity index (χ4n) is 7.26. The molecule has 5 atom stereocenters. The molecule has 38 heavy (non-hydrogen) atoms. The fraction of sp³-hybridized carbons (Fsp3) is 0.424. The molecule has 4 aliphatic rings. The molecule has 2 saturated carbocycles. The van der Waals surface area contributed by atoms with E-state index in [0.717, 1.165) is 24.1 Å². The van der Waals surface area contributed by atoms with Crippen LogP contribution in [0.25, 0.3) is 0 Å². The zero-order chi connectivity index (χ0) is 26.7. The summed E-state index contributed by atoms with van der Waals surface area (Å²) >= 11 is 0. The van der Waals surface area contributed by atoms with Gasteiger partial charge in [-0.25, -0.2) is 4.39 Å². The molecule has 6 rings (SSSR count). The van der Waals surface area contributed by atoms with Gasteiger partial charge in [0.15, 0.2) is 5.78 Å². The van der Waals surface area contributed by atoms with Crippen molar-refractivity contribution in [2.75, 3.05) is 25.6 Å². The minimum atomic E-state index is -1.26. The first-order valence-electron chi connectivity index (χ1n) is 13.6. The van der Waals surface area contributed by atoms with Crippen LogP contribution in [0.15, 0.2) is 71.3 Å². The first kappa shape index (κ1) is 25.1. The van der Waals surface area contributed by atoms with Crippen LogP contribution in [0.5, 0.6) is 0 Å². The lowest BCUT2D eigenvalue weighted by Gasteiger charge is -2.53. The van der Waals surface area contributed by atoms with Crippen molar-refractivity contribution in [3.63, 3.8) is 0 Å². The van der Waals surface area contributed by atoms with Crippen LogP contribution in [-0.4, -0.2) is 43.3 Å². The molecule has 3 aliphatic carbocycles. The van der Waals surface area contributed by atoms with Crippen LogP contribution >= 0.6 is 0 Å². The lowest BCUT2D eigenvalue weighted by molar-refractivity contribution is -0.115. The maximum Gasteiger partial charge on any atom is 0.156 e. The number of benzene rings is 2. The molecule has 0 spiro atoms. The Bertz CT molecular complexity index is 1410. The molecule has 1 N–H and O–H groups in total. The zero-order valence-corrected chi connectivity index (χ0v) is 22.3. The van der Waals surface area contributed by atoms with Crippen LogP contribution in [0, 0.1) is 29.0 Å². The summed E-state index contributed by atoms with van der Waals surface area (Å²) in [7, 11) is 4.06. The number of halogens is 1. The molecule has 1 heterocycles. The first-order chi connectivity index (χ1) is 18.2. The molecule has 0 amide bonds. The molecular formula is C33H34FNO3. The number of carbonyl (C=O) groups is 1. The number of fused-ring (bicyclic) bond motifs is 4. The Morgan fingerprint density at radius 2 is 1.87 bits per heavy atom. The Labute approximate surface area is 224 Å². The number of hydrogen-bond donors (Lipinski definition) is 1. The Morgan fingerprint density at radius 1 is 1.11 bits per heavy atom. The van der Waals surface area contributed by atoms with E-state index in [0.29, 0.717) is 31.4 Å². The van der Waals surface area contributed by atoms with Crippen LogP contribution in [0.1, 0.15) is 56.1 Å². The van der Waals surface area contributed by atoms with Crippen molar-refractivity contribution in [2.45, 2.75) is 56.7 Å². The zero-order valence-electron chi connectivity index (χ0n) is 22.3. The molecule has 0 saturated heterocycles. The van der Waals surface area contributed by atoms with Crippen molar-refractivity contribution >= 4 is 11.5 Å². The van der Waals surface area contributed by atoms with E-state index in [-0.39, 0.29) is 29.5 Å². The number of aliphatic hydroxyl groups is 1. The average molecular weight is 512 g/mol. The predicted molar refractivity (Wildman–Crippen MR) is 146 cm³/mol. The lowest BCUT2D eigenvalue weighted by atomic mass is 9.55. The van der Waals surface area contributed by atoms with E-state index in [1.807, 2.05) is 14.1 Å². The predicted octanol–water partition coefficient (Wildman–Crippen LogP) is 5.56. The van der Waals surface area contributed by atoms with Crippen LogP contribution in [-0.2, 0) is 9.53 Å². The third-order valence-corrected chi connectivity index (χ3v) is 9.46. The molecule has 0 aromatic heterocycles. The number of rotatable bonds is 2. The summed E-state index contributed by atoms with van der Waals surface area (Å²) in [6, 6.07) is 15.1. The van der Waals surface area contributed by atoms with Gasteiger partial charge in [0.05, 0.1) is 18.3 Å². The normalized spacial score (nSPS) is 32.0. The third-order valence-electron chi connectivity index (χ3n) is 9.46. The van der Waals surface area contributed by atoms with E-state index >= 15 is 0 Å². The van der Waals surface area contributed by atoms with Gasteiger partial charge in [-0.3, -0.25) is 4.79 Å². The smallest absolute Gasteiger partial charge is 0.156 e. The number of hydrogen-bond acceptors (Lipinski definition) is 4. The van der Waals surface area contributed by atoms with E-state index in [1.54, 1.807) is 24.3 Å². The van der Waals surface area contributed by atoms with Gasteiger partial charge in [-0.1, -0.05) is 43.0 Å². The molecule has 4 nitrogen and oxygen atoms in total. The van der Waals surface area contributed by atoms with E-state index < -0.39 is 11.0 Å². The summed E-state index contributed by atoms with van der Waals surface area (Å²) in [5.41, 5.74) is 4.37. The number of nitrogens with zero attached hydrogens (tertiary/aromatic N) is 1. The standard InChI is InChI=1S/C33H34FNO3/c1-32-19-27(21-8-10-24(11-9-21)35(2)3)30-26-13-12-25(36)18-23(26)20-38-31(30)28(32)15-17-33(32,37)16-14-22-6-4-5-7-29(22)34/h4-11,18,27-28,31,37H,12-13,15,17,19-20H2,1-3H3/t27-,28?,31?,32+,33+/m1/s1. The molecule has 1 aliphatic heterocycles. The van der Waals surface area contributed by atoms with Gasteiger partial charge in [-0.15, -0.1) is 0 Å². The van der Waals surface area contributed by atoms with Gasteiger partial charge >= 0.3 is 0 Å². The van der Waals surface area contributed by atoms with Gasteiger partial charge in [0.1, 0.15) is 11.4 Å². The number of ketones is 1. The van der Waals surface area contributed by atoms with Crippen LogP contribution in [0.4, 0.5) is 10.1 Å². The van der Waals surface area contributed by atoms with Gasteiger partial charge in [0.2, 0.25) is 0 Å². The van der Waals surface area contributed by atoms with Crippen molar-refractivity contribution in [2.24, 2.45) is 11.3 Å². The Balaban J connectivity index is 1.47. The Hall–Kier alpha value is -3.20. The third kappa shape index (κ3) is 3.94. The molecule has 0 bridgehead atoms. The van der Waals surface area contributed by atoms with E-state index in [2.05, 4.69) is 47.9 Å². The second-order valence-electron chi connectivity index (χ2n) is 11.7. The van der Waals surface area contributed by atoms with Crippen molar-refractivity contribution in [1.82, 2.24) is 0 Å². The van der Waals surface area contributed by atoms with Gasteiger partial charge in [-0.05, 0) is 84.2 Å². The van der Waals surface area contributed by atoms with Gasteiger partial charge in [0, 0.05) is 37.5 Å². The van der Waals surface area contributed by atoms with Crippen molar-refractivity contribution in [3.8, 4) is 11.8 Å². The molecular weight excluding hydrogens is 477 g/mol. The highest BCUT2D eigenvalue weighted by atomic mass is 19.1. The second kappa shape index (κ2) is 9.22. The number of ether oxygens (including phenoxy) is 1. The summed E-state index contributed by atoms with van der Waals surface area (Å²) in [5.74, 6) is 6.02. The topological polar surface area (TPSA) is 49.8 Å². The molecule has 196 valence electrons. The van der Waals surface area contributed by atoms with Gasteiger partial charge in [0.25, 0.3) is 0 Å². The second-order valence-corrected chi connectivity index (χ2v) is 11.7. The Morgan fingerprint density at radius 3 is 2.61 bits per heavy atom. The van der Waals surface area contributed by atoms with Crippen LogP contribution in [0.2, 0.25) is 0 Å². The highest BCUT2D eigenvalue weighted by Crippen LogP contribution is 2.64. The first-order valence-corrected chi connectivity index (χ1v) is 13.6. The lowest BCUT2D eigenvalue weighted by Crippen LogP contribution is -2.53. The maximum absolute atomic E-state index is 14.4. The molecule has 5 heteroatoms. The molecule has 2 aromatic rings. The number of anilines is 1. The highest BCUT2D eigenvalue weighted by Gasteiger charge is 2.63. The van der Waals surface area contributed by atoms with E-state index in [9.17, 15) is 14.3 Å². The quantitative estimate of drug-likeness (QED) is 0.536. The molecule has 2 unspecified atom stereocenters. The summed E-state index contributed by atoms with van der Waals surface area (Å²) in [6.45, 7) is 2.57. The van der Waals surface area contributed by atoms with E-state index in [4.69, 9.17) is 4.74 Å². The van der Waals surface area contributed by atoms with Gasteiger partial charge in [-0.2, -0.15) is 0 Å². The van der Waals surface area contributed by atoms with Gasteiger partial charge < -0.3 is 14.7 Å². The number of carbonyl (C=O) groups excluding carboxylic acids is 1. The molecule has 0 radical (unpaired) electrons. The summed E-state index contributed by atoms with van der Waals surface area (Å²) in [4.78, 5) is 14.3. The number of allylic oxidation sites excluding steroid dienone is 1. The molecule has 2 aromatic carbocycles. The highest BCUT2D eigenvalue weighted by molar-refractivity contribution is 5.93. The summed E-state index contributed by atoms with van der Waals surface area (Å²) in [5, 5.41) is 12.1. The summed E-state index contributed by atoms with van der Waals surface area (Å²) < 4.78 is 20.9. The summed E-state index contributed by atoms with van der Waals surface area (Å²) in [6.07, 6.45) is 4.91. The largest absolute Gasteiger partial charge is 0.378 e. The minimum absolute atomic E-state index is 0.0317.